The number of aromatic nitrogens is 3. The summed E-state index contributed by atoms with van der Waals surface area (Å²) in [6, 6.07) is 7.34. The lowest BCUT2D eigenvalue weighted by Crippen LogP contribution is -2.00. The molecule has 0 aliphatic rings. The Kier molecular flexibility index (Phi) is 3.35. The molecule has 0 saturated heterocycles. The average molecular weight is 313 g/mol. The number of nitrogens with zero attached hydrogens (tertiary/aromatic N) is 3. The van der Waals surface area contributed by atoms with Crippen LogP contribution in [0.4, 0.5) is 0 Å². The topological polar surface area (TPSA) is 30.7 Å². The van der Waals surface area contributed by atoms with E-state index >= 15 is 0 Å². The predicted molar refractivity (Wildman–Crippen MR) is 78.4 cm³/mol. The highest BCUT2D eigenvalue weighted by atomic mass is 35.5. The van der Waals surface area contributed by atoms with Gasteiger partial charge >= 0.3 is 0 Å². The third-order valence-electron chi connectivity index (χ3n) is 2.82. The monoisotopic (exact) mass is 311 g/mol. The van der Waals surface area contributed by atoms with Gasteiger partial charge < -0.3 is 0 Å². The third kappa shape index (κ3) is 2.08. The largest absolute Gasteiger partial charge is 0.294 e. The fraction of sp³-hybridized carbons (Fsp3) is 0.0769. The summed E-state index contributed by atoms with van der Waals surface area (Å²) in [6.45, 7) is 0. The van der Waals surface area contributed by atoms with E-state index in [0.717, 1.165) is 16.7 Å². The third-order valence-corrected chi connectivity index (χ3v) is 3.87. The van der Waals surface area contributed by atoms with Crippen LogP contribution in [0.15, 0.2) is 36.7 Å². The maximum Gasteiger partial charge on any atom is 0.129 e. The maximum absolute atomic E-state index is 6.27. The molecule has 0 aliphatic carbocycles. The lowest BCUT2D eigenvalue weighted by Gasteiger charge is -2.10. The summed E-state index contributed by atoms with van der Waals surface area (Å²) in [5.74, 6) is 0.978. The molecule has 0 atom stereocenters. The Labute approximate surface area is 124 Å². The summed E-state index contributed by atoms with van der Waals surface area (Å²) in [5, 5.41) is 0.974. The zero-order valence-corrected chi connectivity index (χ0v) is 11.9. The van der Waals surface area contributed by atoms with Gasteiger partial charge in [0.2, 0.25) is 0 Å². The quantitative estimate of drug-likeness (QED) is 0.654. The lowest BCUT2D eigenvalue weighted by atomic mass is 10.3. The number of alkyl halides is 1. The number of imidazole rings is 1. The Bertz CT molecular complexity index is 752. The number of rotatable bonds is 2. The molecular formula is C13H8Cl3N3. The van der Waals surface area contributed by atoms with Crippen molar-refractivity contribution >= 4 is 45.8 Å². The Morgan fingerprint density at radius 2 is 2.00 bits per heavy atom. The van der Waals surface area contributed by atoms with E-state index in [4.69, 9.17) is 34.8 Å². The van der Waals surface area contributed by atoms with Crippen LogP contribution in [0.2, 0.25) is 10.0 Å². The molecule has 1 aromatic carbocycles. The van der Waals surface area contributed by atoms with Gasteiger partial charge in [0.25, 0.3) is 0 Å². The average Bonchev–Trinajstić information content (AvgIpc) is 2.80. The van der Waals surface area contributed by atoms with Gasteiger partial charge in [-0.05, 0) is 18.2 Å². The van der Waals surface area contributed by atoms with E-state index < -0.39 is 0 Å². The van der Waals surface area contributed by atoms with Gasteiger partial charge in [0.1, 0.15) is 11.3 Å². The van der Waals surface area contributed by atoms with Crippen LogP contribution in [-0.2, 0) is 5.88 Å². The summed E-state index contributed by atoms with van der Waals surface area (Å²) >= 11 is 18.3. The van der Waals surface area contributed by atoms with Gasteiger partial charge in [0, 0.05) is 6.20 Å². The molecule has 2 heterocycles. The molecule has 3 aromatic rings. The normalized spacial score (nSPS) is 11.1. The molecule has 0 fully saturated rings. The van der Waals surface area contributed by atoms with Crippen LogP contribution in [-0.4, -0.2) is 14.5 Å². The first-order valence-corrected chi connectivity index (χ1v) is 6.83. The van der Waals surface area contributed by atoms with E-state index in [1.807, 2.05) is 22.8 Å². The summed E-state index contributed by atoms with van der Waals surface area (Å²) in [4.78, 5) is 8.50. The molecule has 0 saturated carbocycles. The van der Waals surface area contributed by atoms with Gasteiger partial charge in [-0.15, -0.1) is 11.6 Å². The van der Waals surface area contributed by atoms with E-state index in [-0.39, 0.29) is 5.88 Å². The number of hydrogen-bond acceptors (Lipinski definition) is 2. The zero-order valence-electron chi connectivity index (χ0n) is 9.65. The fourth-order valence-electron chi connectivity index (χ4n) is 2.01. The second-order valence-corrected chi connectivity index (χ2v) is 4.99. The summed E-state index contributed by atoms with van der Waals surface area (Å²) in [5.41, 5.74) is 2.43. The fourth-order valence-corrected chi connectivity index (χ4v) is 2.56. The highest BCUT2D eigenvalue weighted by molar-refractivity contribution is 6.43. The van der Waals surface area contributed by atoms with Crippen molar-refractivity contribution in [3.05, 3.63) is 52.5 Å². The van der Waals surface area contributed by atoms with Crippen molar-refractivity contribution in [2.45, 2.75) is 5.88 Å². The lowest BCUT2D eigenvalue weighted by molar-refractivity contribution is 0.982. The first-order valence-electron chi connectivity index (χ1n) is 5.54. The van der Waals surface area contributed by atoms with Crippen LogP contribution in [0.3, 0.4) is 0 Å². The van der Waals surface area contributed by atoms with Crippen LogP contribution in [0.1, 0.15) is 5.82 Å². The van der Waals surface area contributed by atoms with E-state index in [1.54, 1.807) is 18.5 Å². The van der Waals surface area contributed by atoms with Crippen LogP contribution in [0.25, 0.3) is 16.7 Å². The van der Waals surface area contributed by atoms with Gasteiger partial charge in [-0.1, -0.05) is 29.3 Å². The van der Waals surface area contributed by atoms with Gasteiger partial charge in [0.15, 0.2) is 0 Å². The first-order chi connectivity index (χ1) is 9.22. The van der Waals surface area contributed by atoms with Crippen molar-refractivity contribution in [1.29, 1.82) is 0 Å². The Hall–Kier alpha value is -1.29. The summed E-state index contributed by atoms with van der Waals surface area (Å²) < 4.78 is 1.90. The van der Waals surface area contributed by atoms with Crippen LogP contribution in [0, 0.1) is 0 Å². The van der Waals surface area contributed by atoms with Gasteiger partial charge in [-0.25, -0.2) is 4.98 Å². The van der Waals surface area contributed by atoms with Crippen LogP contribution in [0.5, 0.6) is 0 Å². The van der Waals surface area contributed by atoms with Crippen molar-refractivity contribution in [3.8, 4) is 5.69 Å². The van der Waals surface area contributed by atoms with Crippen molar-refractivity contribution in [3.63, 3.8) is 0 Å². The minimum atomic E-state index is 0.275. The molecule has 0 aliphatic heterocycles. The summed E-state index contributed by atoms with van der Waals surface area (Å²) in [7, 11) is 0. The van der Waals surface area contributed by atoms with E-state index in [1.165, 1.54) is 0 Å². The molecule has 2 aromatic heterocycles. The Morgan fingerprint density at radius 1 is 1.16 bits per heavy atom. The second kappa shape index (κ2) is 5.00. The molecular weight excluding hydrogens is 305 g/mol. The van der Waals surface area contributed by atoms with E-state index in [2.05, 4.69) is 9.97 Å². The summed E-state index contributed by atoms with van der Waals surface area (Å²) in [6.07, 6.45) is 3.40. The van der Waals surface area contributed by atoms with Gasteiger partial charge in [-0.2, -0.15) is 0 Å². The number of halogens is 3. The molecule has 3 rings (SSSR count). The molecule has 0 spiro atoms. The zero-order chi connectivity index (χ0) is 13.4. The molecule has 0 unspecified atom stereocenters. The minimum Gasteiger partial charge on any atom is -0.294 e. The van der Waals surface area contributed by atoms with Gasteiger partial charge in [0.05, 0.1) is 33.3 Å². The standard InChI is InChI=1S/C13H8Cl3N3/c14-6-12-18-9-7-17-5-4-10(9)19(12)11-3-1-2-8(15)13(11)16/h1-5,7H,6H2. The van der Waals surface area contributed by atoms with Crippen LogP contribution < -0.4 is 0 Å². The highest BCUT2D eigenvalue weighted by Crippen LogP contribution is 2.32. The van der Waals surface area contributed by atoms with Crippen molar-refractivity contribution in [2.24, 2.45) is 0 Å². The van der Waals surface area contributed by atoms with Crippen molar-refractivity contribution in [2.75, 3.05) is 0 Å². The Morgan fingerprint density at radius 3 is 2.79 bits per heavy atom. The SMILES string of the molecule is ClCc1nc2cnccc2n1-c1cccc(Cl)c1Cl. The molecule has 6 heteroatoms. The number of fused-ring (bicyclic) bond motifs is 1. The van der Waals surface area contributed by atoms with Crippen molar-refractivity contribution in [1.82, 2.24) is 14.5 Å². The number of hydrogen-bond donors (Lipinski definition) is 0. The van der Waals surface area contributed by atoms with Gasteiger partial charge in [-0.3, -0.25) is 9.55 Å². The maximum atomic E-state index is 6.27. The second-order valence-electron chi connectivity index (χ2n) is 3.93. The Balaban J connectivity index is 2.38. The molecule has 0 amide bonds. The predicted octanol–water partition coefficient (Wildman–Crippen LogP) is 4.47. The van der Waals surface area contributed by atoms with Crippen molar-refractivity contribution < 1.29 is 0 Å². The molecule has 19 heavy (non-hydrogen) atoms. The molecule has 3 nitrogen and oxygen atoms in total. The van der Waals surface area contributed by atoms with E-state index in [0.29, 0.717) is 15.9 Å². The highest BCUT2D eigenvalue weighted by Gasteiger charge is 2.15. The minimum absolute atomic E-state index is 0.275. The molecule has 96 valence electrons. The molecule has 0 bridgehead atoms. The number of pyridine rings is 1. The van der Waals surface area contributed by atoms with Crippen LogP contribution >= 0.6 is 34.8 Å². The smallest absolute Gasteiger partial charge is 0.129 e. The molecule has 0 radical (unpaired) electrons. The first kappa shape index (κ1) is 12.7. The van der Waals surface area contributed by atoms with E-state index in [9.17, 15) is 0 Å². The number of benzene rings is 1. The molecule has 0 N–H and O–H groups in total.